The summed E-state index contributed by atoms with van der Waals surface area (Å²) in [5.41, 5.74) is 5.01. The molecule has 7 heteroatoms. The minimum Gasteiger partial charge on any atom is -0.480 e. The van der Waals surface area contributed by atoms with E-state index in [4.69, 9.17) is 10.8 Å². The molecule has 0 unspecified atom stereocenters. The van der Waals surface area contributed by atoms with Crippen molar-refractivity contribution in [2.75, 3.05) is 13.7 Å². The lowest BCUT2D eigenvalue weighted by Crippen LogP contribution is -2.43. The van der Waals surface area contributed by atoms with Gasteiger partial charge < -0.3 is 20.9 Å². The highest BCUT2D eigenvalue weighted by atomic mass is 16.5. The predicted molar refractivity (Wildman–Crippen MR) is 49.9 cm³/mol. The van der Waals surface area contributed by atoms with Crippen LogP contribution in [0.4, 0.5) is 0 Å². The average Bonchev–Trinajstić information content (AvgIpc) is 2.22. The van der Waals surface area contributed by atoms with Gasteiger partial charge in [0.15, 0.2) is 0 Å². The summed E-state index contributed by atoms with van der Waals surface area (Å²) in [4.78, 5) is 32.2. The highest BCUT2D eigenvalue weighted by Crippen LogP contribution is 1.99. The van der Waals surface area contributed by atoms with Crippen LogP contribution >= 0.6 is 0 Å². The number of methoxy groups -OCH3 is 1. The molecule has 0 aromatic rings. The van der Waals surface area contributed by atoms with Crippen LogP contribution in [0.5, 0.6) is 0 Å². The normalized spacial score (nSPS) is 11.6. The third-order valence-corrected chi connectivity index (χ3v) is 1.68. The molecule has 0 bridgehead atoms. The van der Waals surface area contributed by atoms with E-state index in [1.54, 1.807) is 0 Å². The van der Waals surface area contributed by atoms with Gasteiger partial charge >= 0.3 is 11.9 Å². The van der Waals surface area contributed by atoms with E-state index in [-0.39, 0.29) is 19.4 Å². The lowest BCUT2D eigenvalue weighted by Gasteiger charge is -2.12. The van der Waals surface area contributed by atoms with Crippen LogP contribution in [0.3, 0.4) is 0 Å². The molecule has 4 N–H and O–H groups in total. The van der Waals surface area contributed by atoms with Crippen LogP contribution in [0.1, 0.15) is 12.8 Å². The van der Waals surface area contributed by atoms with Crippen molar-refractivity contribution in [3.8, 4) is 0 Å². The molecule has 0 aromatic heterocycles. The number of aliphatic carboxylic acids is 1. The van der Waals surface area contributed by atoms with Crippen molar-refractivity contribution in [3.63, 3.8) is 0 Å². The summed E-state index contributed by atoms with van der Waals surface area (Å²) in [6, 6.07) is -1.11. The molecule has 0 aliphatic rings. The van der Waals surface area contributed by atoms with Crippen molar-refractivity contribution < 1.29 is 24.2 Å². The van der Waals surface area contributed by atoms with Gasteiger partial charge in [-0.1, -0.05) is 0 Å². The van der Waals surface area contributed by atoms with Crippen LogP contribution in [-0.4, -0.2) is 42.6 Å². The molecule has 0 fully saturated rings. The number of rotatable bonds is 6. The molecule has 0 rings (SSSR count). The second-order valence-electron chi connectivity index (χ2n) is 2.78. The molecule has 0 aliphatic heterocycles. The zero-order valence-electron chi connectivity index (χ0n) is 8.36. The largest absolute Gasteiger partial charge is 0.480 e. The van der Waals surface area contributed by atoms with Crippen LogP contribution in [0.15, 0.2) is 0 Å². The molecule has 0 radical (unpaired) electrons. The van der Waals surface area contributed by atoms with E-state index in [1.165, 1.54) is 7.11 Å². The van der Waals surface area contributed by atoms with E-state index in [0.717, 1.165) is 0 Å². The van der Waals surface area contributed by atoms with E-state index in [9.17, 15) is 14.4 Å². The Labute approximate surface area is 86.6 Å². The van der Waals surface area contributed by atoms with E-state index in [2.05, 4.69) is 10.1 Å². The van der Waals surface area contributed by atoms with Crippen molar-refractivity contribution in [3.05, 3.63) is 0 Å². The smallest absolute Gasteiger partial charge is 0.326 e. The van der Waals surface area contributed by atoms with Gasteiger partial charge in [0.25, 0.3) is 0 Å². The lowest BCUT2D eigenvalue weighted by atomic mass is 10.1. The highest BCUT2D eigenvalue weighted by molar-refractivity contribution is 5.84. The Bertz CT molecular complexity index is 253. The van der Waals surface area contributed by atoms with Gasteiger partial charge in [-0.2, -0.15) is 0 Å². The van der Waals surface area contributed by atoms with Gasteiger partial charge in [0.05, 0.1) is 13.7 Å². The van der Waals surface area contributed by atoms with Gasteiger partial charge in [0, 0.05) is 6.42 Å². The fraction of sp³-hybridized carbons (Fsp3) is 0.625. The molecule has 0 saturated heterocycles. The molecular formula is C8H14N2O5. The molecule has 0 aliphatic carbocycles. The number of hydrogen-bond acceptors (Lipinski definition) is 5. The topological polar surface area (TPSA) is 119 Å². The maximum Gasteiger partial charge on any atom is 0.326 e. The molecule has 0 spiro atoms. The number of carbonyl (C=O) groups excluding carboxylic acids is 2. The molecule has 0 aromatic carbocycles. The van der Waals surface area contributed by atoms with E-state index >= 15 is 0 Å². The minimum atomic E-state index is -1.21. The standard InChI is InChI=1S/C8H14N2O5/c1-15-7(12)3-2-5(8(13)14)10-6(11)4-9/h5H,2-4,9H2,1H3,(H,10,11)(H,13,14)/t5-/m1/s1. The second-order valence-corrected chi connectivity index (χ2v) is 2.78. The Morgan fingerprint density at radius 1 is 1.47 bits per heavy atom. The van der Waals surface area contributed by atoms with E-state index < -0.39 is 23.9 Å². The summed E-state index contributed by atoms with van der Waals surface area (Å²) >= 11 is 0. The first-order chi connectivity index (χ1) is 7.01. The number of carboxylic acid groups (broad SMARTS) is 1. The highest BCUT2D eigenvalue weighted by Gasteiger charge is 2.20. The molecule has 0 saturated carbocycles. The molecule has 86 valence electrons. The summed E-state index contributed by atoms with van der Waals surface area (Å²) in [7, 11) is 1.20. The summed E-state index contributed by atoms with van der Waals surface area (Å²) in [6.45, 7) is -0.290. The van der Waals surface area contributed by atoms with Crippen LogP contribution in [-0.2, 0) is 19.1 Å². The number of carboxylic acids is 1. The lowest BCUT2D eigenvalue weighted by molar-refractivity contribution is -0.143. The summed E-state index contributed by atoms with van der Waals surface area (Å²) in [5, 5.41) is 10.9. The minimum absolute atomic E-state index is 0.0201. The summed E-state index contributed by atoms with van der Waals surface area (Å²) in [5.74, 6) is -2.31. The third kappa shape index (κ3) is 5.63. The first-order valence-corrected chi connectivity index (χ1v) is 4.30. The maximum atomic E-state index is 10.8. The van der Waals surface area contributed by atoms with E-state index in [0.29, 0.717) is 0 Å². The molecule has 1 amide bonds. The summed E-state index contributed by atoms with van der Waals surface area (Å²) in [6.07, 6.45) is -0.0912. The third-order valence-electron chi connectivity index (χ3n) is 1.68. The zero-order valence-corrected chi connectivity index (χ0v) is 8.36. The average molecular weight is 218 g/mol. The molecule has 1 atom stereocenters. The van der Waals surface area contributed by atoms with Crippen LogP contribution in [0, 0.1) is 0 Å². The molecule has 7 nitrogen and oxygen atoms in total. The SMILES string of the molecule is COC(=O)CC[C@@H](NC(=O)CN)C(=O)O. The van der Waals surface area contributed by atoms with Gasteiger partial charge in [0.2, 0.25) is 5.91 Å². The van der Waals surface area contributed by atoms with Gasteiger partial charge in [-0.3, -0.25) is 9.59 Å². The van der Waals surface area contributed by atoms with Crippen LogP contribution in [0.2, 0.25) is 0 Å². The number of hydrogen-bond donors (Lipinski definition) is 3. The fourth-order valence-corrected chi connectivity index (χ4v) is 0.875. The van der Waals surface area contributed by atoms with E-state index in [1.807, 2.05) is 0 Å². The van der Waals surface area contributed by atoms with Gasteiger partial charge in [0.1, 0.15) is 6.04 Å². The fourth-order valence-electron chi connectivity index (χ4n) is 0.875. The Morgan fingerprint density at radius 3 is 2.47 bits per heavy atom. The van der Waals surface area contributed by atoms with Crippen molar-refractivity contribution in [2.45, 2.75) is 18.9 Å². The van der Waals surface area contributed by atoms with Crippen molar-refractivity contribution in [1.29, 1.82) is 0 Å². The summed E-state index contributed by atoms with van der Waals surface area (Å²) < 4.78 is 4.34. The van der Waals surface area contributed by atoms with Crippen molar-refractivity contribution >= 4 is 17.8 Å². The van der Waals surface area contributed by atoms with Crippen LogP contribution < -0.4 is 11.1 Å². The quantitative estimate of drug-likeness (QED) is 0.465. The number of nitrogens with one attached hydrogen (secondary N) is 1. The van der Waals surface area contributed by atoms with Gasteiger partial charge in [-0.15, -0.1) is 0 Å². The Morgan fingerprint density at radius 2 is 2.07 bits per heavy atom. The first-order valence-electron chi connectivity index (χ1n) is 4.30. The predicted octanol–water partition coefficient (Wildman–Crippen LogP) is -1.53. The number of amides is 1. The Hall–Kier alpha value is -1.63. The van der Waals surface area contributed by atoms with Crippen molar-refractivity contribution in [2.24, 2.45) is 5.73 Å². The van der Waals surface area contributed by atoms with Crippen molar-refractivity contribution in [1.82, 2.24) is 5.32 Å². The molecule has 0 heterocycles. The number of ether oxygens (including phenoxy) is 1. The Balaban J connectivity index is 4.11. The van der Waals surface area contributed by atoms with Crippen LogP contribution in [0.25, 0.3) is 0 Å². The zero-order chi connectivity index (χ0) is 11.8. The molecule has 15 heavy (non-hydrogen) atoms. The number of nitrogens with two attached hydrogens (primary N) is 1. The monoisotopic (exact) mass is 218 g/mol. The van der Waals surface area contributed by atoms with Gasteiger partial charge in [-0.25, -0.2) is 4.79 Å². The Kier molecular flexibility index (Phi) is 6.03. The maximum absolute atomic E-state index is 10.8. The first kappa shape index (κ1) is 13.4. The number of carbonyl (C=O) groups is 3. The van der Waals surface area contributed by atoms with Gasteiger partial charge in [-0.05, 0) is 6.42 Å². The number of esters is 1. The molecular weight excluding hydrogens is 204 g/mol. The second kappa shape index (κ2) is 6.77.